The van der Waals surface area contributed by atoms with E-state index in [9.17, 15) is 4.79 Å². The van der Waals surface area contributed by atoms with Gasteiger partial charge in [0, 0.05) is 12.4 Å². The lowest BCUT2D eigenvalue weighted by Gasteiger charge is -2.23. The summed E-state index contributed by atoms with van der Waals surface area (Å²) in [5.74, 6) is 1.24. The fourth-order valence-electron chi connectivity index (χ4n) is 1.57. The molecule has 0 aromatic heterocycles. The number of carbonyl (C=O) groups excluding carboxylic acids is 1. The molecule has 0 saturated carbocycles. The van der Waals surface area contributed by atoms with Crippen LogP contribution in [0.3, 0.4) is 0 Å². The summed E-state index contributed by atoms with van der Waals surface area (Å²) in [6, 6.07) is 5.76. The van der Waals surface area contributed by atoms with Gasteiger partial charge in [-0.05, 0) is 24.6 Å². The Balaban J connectivity index is 2.19. The number of ether oxygens (including phenoxy) is 1. The van der Waals surface area contributed by atoms with Crippen LogP contribution in [0.2, 0.25) is 0 Å². The van der Waals surface area contributed by atoms with E-state index in [0.29, 0.717) is 5.88 Å². The van der Waals surface area contributed by atoms with Crippen LogP contribution < -0.4 is 15.4 Å². The minimum absolute atomic E-state index is 0.105. The minimum Gasteiger partial charge on any atom is -0.479 e. The third-order valence-electron chi connectivity index (χ3n) is 2.42. The number of rotatable bonds is 3. The molecule has 2 rings (SSSR count). The number of anilines is 1. The van der Waals surface area contributed by atoms with Crippen molar-refractivity contribution in [1.82, 2.24) is 5.32 Å². The number of nitrogens with one attached hydrogen (secondary N) is 2. The van der Waals surface area contributed by atoms with Crippen LogP contribution in [0.15, 0.2) is 18.2 Å². The first-order chi connectivity index (χ1) is 7.70. The number of amides is 1. The molecule has 0 saturated heterocycles. The zero-order valence-corrected chi connectivity index (χ0v) is 9.88. The molecule has 4 nitrogen and oxygen atoms in total. The summed E-state index contributed by atoms with van der Waals surface area (Å²) in [5.41, 5.74) is 1.83. The maximum Gasteiger partial charge on any atom is 0.265 e. The Hall–Kier alpha value is -1.20. The van der Waals surface area contributed by atoms with Crippen LogP contribution in [0.5, 0.6) is 5.75 Å². The first kappa shape index (κ1) is 11.3. The minimum atomic E-state index is -0.422. The van der Waals surface area contributed by atoms with Crippen molar-refractivity contribution in [3.8, 4) is 5.75 Å². The second kappa shape index (κ2) is 4.76. The summed E-state index contributed by atoms with van der Waals surface area (Å²) >= 11 is 4.07. The van der Waals surface area contributed by atoms with Crippen molar-refractivity contribution in [2.24, 2.45) is 0 Å². The van der Waals surface area contributed by atoms with Crippen LogP contribution in [0, 0.1) is 0 Å². The standard InChI is InChI=1S/C11H14N2O2S/c1-7-11(14)13-9-4-8(5-12-6-16)2-3-10(9)15-7/h2-4,7,12,16H,5-6H2,1H3,(H,13,14). The van der Waals surface area contributed by atoms with E-state index in [4.69, 9.17) is 4.74 Å². The predicted octanol–water partition coefficient (Wildman–Crippen LogP) is 1.38. The fourth-order valence-corrected chi connectivity index (χ4v) is 1.68. The van der Waals surface area contributed by atoms with Crippen molar-refractivity contribution >= 4 is 24.2 Å². The summed E-state index contributed by atoms with van der Waals surface area (Å²) in [6.07, 6.45) is -0.422. The van der Waals surface area contributed by atoms with E-state index in [1.807, 2.05) is 18.2 Å². The van der Waals surface area contributed by atoms with E-state index in [1.165, 1.54) is 0 Å². The van der Waals surface area contributed by atoms with Gasteiger partial charge >= 0.3 is 0 Å². The molecule has 1 aliphatic rings. The van der Waals surface area contributed by atoms with Crippen LogP contribution in [-0.4, -0.2) is 17.9 Å². The number of benzene rings is 1. The molecule has 2 N–H and O–H groups in total. The molecular weight excluding hydrogens is 224 g/mol. The van der Waals surface area contributed by atoms with Gasteiger partial charge in [0.25, 0.3) is 5.91 Å². The molecule has 1 amide bonds. The monoisotopic (exact) mass is 238 g/mol. The largest absolute Gasteiger partial charge is 0.479 e. The first-order valence-corrected chi connectivity index (χ1v) is 5.76. The molecule has 16 heavy (non-hydrogen) atoms. The van der Waals surface area contributed by atoms with Gasteiger partial charge in [0.2, 0.25) is 0 Å². The van der Waals surface area contributed by atoms with Gasteiger partial charge in [0.15, 0.2) is 6.10 Å². The Morgan fingerprint density at radius 2 is 2.38 bits per heavy atom. The van der Waals surface area contributed by atoms with Crippen molar-refractivity contribution in [3.05, 3.63) is 23.8 Å². The number of fused-ring (bicyclic) bond motifs is 1. The molecule has 1 heterocycles. The highest BCUT2D eigenvalue weighted by Crippen LogP contribution is 2.30. The van der Waals surface area contributed by atoms with E-state index in [2.05, 4.69) is 23.3 Å². The Morgan fingerprint density at radius 3 is 3.12 bits per heavy atom. The van der Waals surface area contributed by atoms with Crippen LogP contribution in [0.25, 0.3) is 0 Å². The molecule has 86 valence electrons. The average molecular weight is 238 g/mol. The third kappa shape index (κ3) is 2.31. The summed E-state index contributed by atoms with van der Waals surface area (Å²) < 4.78 is 5.46. The van der Waals surface area contributed by atoms with Gasteiger partial charge < -0.3 is 15.4 Å². The predicted molar refractivity (Wildman–Crippen MR) is 65.9 cm³/mol. The molecular formula is C11H14N2O2S. The van der Waals surface area contributed by atoms with E-state index in [0.717, 1.165) is 23.5 Å². The van der Waals surface area contributed by atoms with Gasteiger partial charge in [-0.2, -0.15) is 12.6 Å². The highest BCUT2D eigenvalue weighted by molar-refractivity contribution is 7.80. The van der Waals surface area contributed by atoms with Crippen molar-refractivity contribution < 1.29 is 9.53 Å². The average Bonchev–Trinajstić information content (AvgIpc) is 2.28. The van der Waals surface area contributed by atoms with Crippen molar-refractivity contribution in [2.45, 2.75) is 19.6 Å². The SMILES string of the molecule is CC1Oc2ccc(CNCS)cc2NC1=O. The highest BCUT2D eigenvalue weighted by Gasteiger charge is 2.23. The lowest BCUT2D eigenvalue weighted by atomic mass is 10.1. The molecule has 0 fully saturated rings. The molecule has 0 aliphatic carbocycles. The summed E-state index contributed by atoms with van der Waals surface area (Å²) in [6.45, 7) is 2.46. The van der Waals surface area contributed by atoms with E-state index >= 15 is 0 Å². The van der Waals surface area contributed by atoms with Crippen LogP contribution in [-0.2, 0) is 11.3 Å². The van der Waals surface area contributed by atoms with E-state index in [1.54, 1.807) is 6.92 Å². The van der Waals surface area contributed by atoms with Crippen LogP contribution in [0.1, 0.15) is 12.5 Å². The van der Waals surface area contributed by atoms with E-state index in [-0.39, 0.29) is 5.91 Å². The number of carbonyl (C=O) groups is 1. The van der Waals surface area contributed by atoms with Crippen LogP contribution in [0.4, 0.5) is 5.69 Å². The molecule has 1 aliphatic heterocycles. The van der Waals surface area contributed by atoms with Crippen LogP contribution >= 0.6 is 12.6 Å². The second-order valence-electron chi connectivity index (χ2n) is 3.66. The van der Waals surface area contributed by atoms with Gasteiger partial charge in [0.1, 0.15) is 5.75 Å². The molecule has 1 atom stereocenters. The maximum atomic E-state index is 11.4. The number of hydrogen-bond acceptors (Lipinski definition) is 4. The molecule has 0 bridgehead atoms. The zero-order chi connectivity index (χ0) is 11.5. The Kier molecular flexibility index (Phi) is 3.36. The third-order valence-corrected chi connectivity index (χ3v) is 2.64. The molecule has 0 radical (unpaired) electrons. The Labute approximate surface area is 99.8 Å². The lowest BCUT2D eigenvalue weighted by molar-refractivity contribution is -0.122. The molecule has 1 aromatic rings. The quantitative estimate of drug-likeness (QED) is 0.551. The fraction of sp³-hybridized carbons (Fsp3) is 0.364. The van der Waals surface area contributed by atoms with Gasteiger partial charge in [-0.15, -0.1) is 0 Å². The van der Waals surface area contributed by atoms with Crippen molar-refractivity contribution in [3.63, 3.8) is 0 Å². The lowest BCUT2D eigenvalue weighted by Crippen LogP contribution is -2.34. The Bertz CT molecular complexity index is 409. The van der Waals surface area contributed by atoms with Gasteiger partial charge in [-0.3, -0.25) is 4.79 Å². The smallest absolute Gasteiger partial charge is 0.265 e. The number of thiol groups is 1. The highest BCUT2D eigenvalue weighted by atomic mass is 32.1. The summed E-state index contributed by atoms with van der Waals surface area (Å²) in [4.78, 5) is 11.4. The van der Waals surface area contributed by atoms with Gasteiger partial charge in [-0.25, -0.2) is 0 Å². The van der Waals surface area contributed by atoms with Gasteiger partial charge in [0.05, 0.1) is 5.69 Å². The van der Waals surface area contributed by atoms with E-state index < -0.39 is 6.10 Å². The second-order valence-corrected chi connectivity index (χ2v) is 3.98. The molecule has 1 aromatic carbocycles. The van der Waals surface area contributed by atoms with Crippen molar-refractivity contribution in [1.29, 1.82) is 0 Å². The summed E-state index contributed by atoms with van der Waals surface area (Å²) in [5, 5.41) is 5.92. The first-order valence-electron chi connectivity index (χ1n) is 5.12. The summed E-state index contributed by atoms with van der Waals surface area (Å²) in [7, 11) is 0. The Morgan fingerprint density at radius 1 is 1.56 bits per heavy atom. The molecule has 5 heteroatoms. The normalized spacial score (nSPS) is 18.6. The maximum absolute atomic E-state index is 11.4. The van der Waals surface area contributed by atoms with Crippen molar-refractivity contribution in [2.75, 3.05) is 11.2 Å². The number of hydrogen-bond donors (Lipinski definition) is 3. The molecule has 0 spiro atoms. The van der Waals surface area contributed by atoms with Gasteiger partial charge in [-0.1, -0.05) is 6.07 Å². The molecule has 1 unspecified atom stereocenters. The topological polar surface area (TPSA) is 50.4 Å². The zero-order valence-electron chi connectivity index (χ0n) is 8.99.